The number of benzene rings is 1. The molecule has 0 aliphatic carbocycles. The van der Waals surface area contributed by atoms with Crippen LogP contribution in [0.15, 0.2) is 12.1 Å². The molecule has 0 heterocycles. The average Bonchev–Trinajstić information content (AvgIpc) is 2.31. The summed E-state index contributed by atoms with van der Waals surface area (Å²) >= 11 is 0. The van der Waals surface area contributed by atoms with E-state index in [0.717, 1.165) is 12.4 Å². The molecule has 2 atom stereocenters. The van der Waals surface area contributed by atoms with E-state index in [4.69, 9.17) is 4.74 Å². The van der Waals surface area contributed by atoms with Crippen LogP contribution in [-0.2, 0) is 0 Å². The highest BCUT2D eigenvalue weighted by atomic mass is 16.5. The van der Waals surface area contributed by atoms with Crippen molar-refractivity contribution in [2.24, 2.45) is 5.92 Å². The average molecular weight is 249 g/mol. The standard InChI is InChI=1S/C16H27NO/c1-7-12(3)15(17-6)10-18-16-13(4)8-11(2)9-14(16)5/h8-9,12,15,17H,7,10H2,1-6H3. The van der Waals surface area contributed by atoms with Gasteiger partial charge in [-0.2, -0.15) is 0 Å². The van der Waals surface area contributed by atoms with Crippen LogP contribution < -0.4 is 10.1 Å². The minimum absolute atomic E-state index is 0.412. The van der Waals surface area contributed by atoms with Crippen LogP contribution in [0.1, 0.15) is 37.0 Å². The van der Waals surface area contributed by atoms with E-state index in [9.17, 15) is 0 Å². The minimum atomic E-state index is 0.412. The molecule has 1 rings (SSSR count). The van der Waals surface area contributed by atoms with Gasteiger partial charge < -0.3 is 10.1 Å². The Hall–Kier alpha value is -1.02. The first kappa shape index (κ1) is 15.0. The number of hydrogen-bond donors (Lipinski definition) is 1. The Kier molecular flexibility index (Phi) is 5.67. The molecule has 0 fully saturated rings. The molecule has 1 aromatic carbocycles. The zero-order chi connectivity index (χ0) is 13.7. The lowest BCUT2D eigenvalue weighted by molar-refractivity contribution is 0.226. The molecule has 2 unspecified atom stereocenters. The Morgan fingerprint density at radius 1 is 1.17 bits per heavy atom. The predicted molar refractivity (Wildman–Crippen MR) is 78.5 cm³/mol. The minimum Gasteiger partial charge on any atom is -0.491 e. The van der Waals surface area contributed by atoms with Gasteiger partial charge in [0.15, 0.2) is 0 Å². The van der Waals surface area contributed by atoms with Gasteiger partial charge in [0.25, 0.3) is 0 Å². The maximum atomic E-state index is 6.04. The third kappa shape index (κ3) is 3.74. The van der Waals surface area contributed by atoms with Gasteiger partial charge in [-0.1, -0.05) is 38.0 Å². The molecule has 0 amide bonds. The topological polar surface area (TPSA) is 21.3 Å². The number of aryl methyl sites for hydroxylation is 3. The Labute approximate surface area is 112 Å². The molecular weight excluding hydrogens is 222 g/mol. The molecule has 0 aliphatic rings. The van der Waals surface area contributed by atoms with E-state index in [1.54, 1.807) is 0 Å². The molecule has 0 bridgehead atoms. The summed E-state index contributed by atoms with van der Waals surface area (Å²) in [5, 5.41) is 3.35. The van der Waals surface area contributed by atoms with Crippen LogP contribution in [0.3, 0.4) is 0 Å². The lowest BCUT2D eigenvalue weighted by Gasteiger charge is -2.24. The zero-order valence-electron chi connectivity index (χ0n) is 12.6. The second-order valence-electron chi connectivity index (χ2n) is 5.32. The van der Waals surface area contributed by atoms with Gasteiger partial charge in [-0.15, -0.1) is 0 Å². The summed E-state index contributed by atoms with van der Waals surface area (Å²) in [6.45, 7) is 11.6. The summed E-state index contributed by atoms with van der Waals surface area (Å²) in [6.07, 6.45) is 1.17. The fourth-order valence-electron chi connectivity index (χ4n) is 2.38. The monoisotopic (exact) mass is 249 g/mol. The smallest absolute Gasteiger partial charge is 0.125 e. The molecule has 1 N–H and O–H groups in total. The lowest BCUT2D eigenvalue weighted by atomic mass is 10.00. The van der Waals surface area contributed by atoms with Crippen LogP contribution in [0.25, 0.3) is 0 Å². The molecule has 0 radical (unpaired) electrons. The van der Waals surface area contributed by atoms with Crippen molar-refractivity contribution in [2.45, 2.75) is 47.1 Å². The van der Waals surface area contributed by atoms with Gasteiger partial charge >= 0.3 is 0 Å². The quantitative estimate of drug-likeness (QED) is 0.831. The molecule has 0 spiro atoms. The van der Waals surface area contributed by atoms with E-state index in [0.29, 0.717) is 12.0 Å². The summed E-state index contributed by atoms with van der Waals surface area (Å²) in [5.74, 6) is 1.67. The van der Waals surface area contributed by atoms with Crippen molar-refractivity contribution in [3.05, 3.63) is 28.8 Å². The summed E-state index contributed by atoms with van der Waals surface area (Å²) in [5.41, 5.74) is 3.75. The highest BCUT2D eigenvalue weighted by molar-refractivity contribution is 5.42. The number of rotatable bonds is 6. The van der Waals surface area contributed by atoms with Crippen LogP contribution in [0.2, 0.25) is 0 Å². The van der Waals surface area contributed by atoms with Crippen molar-refractivity contribution in [3.63, 3.8) is 0 Å². The van der Waals surface area contributed by atoms with E-state index >= 15 is 0 Å². The maximum Gasteiger partial charge on any atom is 0.125 e. The largest absolute Gasteiger partial charge is 0.491 e. The van der Waals surface area contributed by atoms with Gasteiger partial charge in [-0.3, -0.25) is 0 Å². The fraction of sp³-hybridized carbons (Fsp3) is 0.625. The van der Waals surface area contributed by atoms with Crippen molar-refractivity contribution >= 4 is 0 Å². The van der Waals surface area contributed by atoms with Crippen LogP contribution in [0.5, 0.6) is 5.75 Å². The highest BCUT2D eigenvalue weighted by Crippen LogP contribution is 2.25. The van der Waals surface area contributed by atoms with Gasteiger partial charge in [-0.25, -0.2) is 0 Å². The van der Waals surface area contributed by atoms with Crippen LogP contribution in [0, 0.1) is 26.7 Å². The van der Waals surface area contributed by atoms with Crippen molar-refractivity contribution in [1.82, 2.24) is 5.32 Å². The molecule has 2 heteroatoms. The van der Waals surface area contributed by atoms with Crippen LogP contribution in [0.4, 0.5) is 0 Å². The van der Waals surface area contributed by atoms with E-state index in [1.165, 1.54) is 23.1 Å². The molecule has 0 saturated heterocycles. The maximum absolute atomic E-state index is 6.04. The van der Waals surface area contributed by atoms with Gasteiger partial charge in [0, 0.05) is 6.04 Å². The van der Waals surface area contributed by atoms with Gasteiger partial charge in [-0.05, 0) is 44.9 Å². The first-order valence-electron chi connectivity index (χ1n) is 6.87. The summed E-state index contributed by atoms with van der Waals surface area (Å²) in [4.78, 5) is 0. The Morgan fingerprint density at radius 2 is 1.72 bits per heavy atom. The van der Waals surface area contributed by atoms with E-state index in [-0.39, 0.29) is 0 Å². The SMILES string of the molecule is CCC(C)C(COc1c(C)cc(C)cc1C)NC. The number of ether oxygens (including phenoxy) is 1. The molecule has 1 aromatic rings. The van der Waals surface area contributed by atoms with Crippen LogP contribution >= 0.6 is 0 Å². The van der Waals surface area contributed by atoms with Gasteiger partial charge in [0.1, 0.15) is 12.4 Å². The third-order valence-corrected chi connectivity index (χ3v) is 3.71. The molecule has 18 heavy (non-hydrogen) atoms. The predicted octanol–water partition coefficient (Wildman–Crippen LogP) is 3.62. The Morgan fingerprint density at radius 3 is 2.17 bits per heavy atom. The number of hydrogen-bond acceptors (Lipinski definition) is 2. The first-order valence-corrected chi connectivity index (χ1v) is 6.87. The molecular formula is C16H27NO. The molecule has 102 valence electrons. The summed E-state index contributed by atoms with van der Waals surface area (Å²) < 4.78 is 6.04. The van der Waals surface area contributed by atoms with E-state index in [2.05, 4.69) is 52.1 Å². The zero-order valence-corrected chi connectivity index (χ0v) is 12.6. The van der Waals surface area contributed by atoms with Crippen LogP contribution in [-0.4, -0.2) is 19.7 Å². The second-order valence-corrected chi connectivity index (χ2v) is 5.32. The third-order valence-electron chi connectivity index (χ3n) is 3.71. The lowest BCUT2D eigenvalue weighted by Crippen LogP contribution is -2.37. The van der Waals surface area contributed by atoms with E-state index < -0.39 is 0 Å². The first-order chi connectivity index (χ1) is 8.49. The molecule has 2 nitrogen and oxygen atoms in total. The molecule has 0 saturated carbocycles. The highest BCUT2D eigenvalue weighted by Gasteiger charge is 2.15. The summed E-state index contributed by atoms with van der Waals surface area (Å²) in [7, 11) is 2.01. The Balaban J connectivity index is 2.74. The molecule has 0 aliphatic heterocycles. The van der Waals surface area contributed by atoms with Crippen molar-refractivity contribution in [2.75, 3.05) is 13.7 Å². The van der Waals surface area contributed by atoms with Gasteiger partial charge in [0.05, 0.1) is 0 Å². The fourth-order valence-corrected chi connectivity index (χ4v) is 2.38. The molecule has 0 aromatic heterocycles. The number of nitrogens with one attached hydrogen (secondary N) is 1. The van der Waals surface area contributed by atoms with Gasteiger partial charge in [0.2, 0.25) is 0 Å². The van der Waals surface area contributed by atoms with E-state index in [1.807, 2.05) is 7.05 Å². The van der Waals surface area contributed by atoms with Crippen molar-refractivity contribution in [1.29, 1.82) is 0 Å². The van der Waals surface area contributed by atoms with Crippen molar-refractivity contribution in [3.8, 4) is 5.75 Å². The summed E-state index contributed by atoms with van der Waals surface area (Å²) in [6, 6.07) is 4.77. The number of likely N-dealkylation sites (N-methyl/N-ethyl adjacent to an activating group) is 1. The second kappa shape index (κ2) is 6.79. The van der Waals surface area contributed by atoms with Crippen molar-refractivity contribution < 1.29 is 4.74 Å². The Bertz CT molecular complexity index is 364. The normalized spacial score (nSPS) is 14.3.